The monoisotopic (exact) mass is 593 g/mol. The summed E-state index contributed by atoms with van der Waals surface area (Å²) in [5.41, 5.74) is 0.843. The number of hydrogen-bond donors (Lipinski definition) is 0. The Labute approximate surface area is 235 Å². The van der Waals surface area contributed by atoms with E-state index in [1.165, 1.54) is 10.8 Å². The van der Waals surface area contributed by atoms with Crippen LogP contribution < -0.4 is 0 Å². The van der Waals surface area contributed by atoms with Crippen LogP contribution in [0.2, 0.25) is 51.4 Å². The van der Waals surface area contributed by atoms with Gasteiger partial charge in [0.15, 0.2) is 17.8 Å². The molecule has 0 atom stereocenters. The summed E-state index contributed by atoms with van der Waals surface area (Å²) in [5, 5.41) is 4.56. The highest BCUT2D eigenvalue weighted by atomic mass is 28.3. The van der Waals surface area contributed by atoms with E-state index in [0.717, 1.165) is 18.3 Å². The molecule has 0 spiro atoms. The summed E-state index contributed by atoms with van der Waals surface area (Å²) >= 11 is 0. The van der Waals surface area contributed by atoms with Gasteiger partial charge >= 0.3 is 6.18 Å². The first kappa shape index (κ1) is 31.6. The largest absolute Gasteiger partial charge is 0.434 e. The van der Waals surface area contributed by atoms with E-state index in [1.54, 1.807) is 35.3 Å². The van der Waals surface area contributed by atoms with Crippen molar-refractivity contribution in [2.45, 2.75) is 71.0 Å². The smallest absolute Gasteiger partial charge is 0.361 e. The van der Waals surface area contributed by atoms with E-state index >= 15 is 0 Å². The van der Waals surface area contributed by atoms with Crippen LogP contribution in [-0.2, 0) is 29.1 Å². The SMILES string of the molecule is C[Si](C)(C)CCOCn1cc(C=Cc2cncc(C=O)c2)c(-c2nc(C(F)(F)F)cn2COCC[Si](C)(C)C)n1. The van der Waals surface area contributed by atoms with Gasteiger partial charge in [-0.3, -0.25) is 9.78 Å². The molecule has 0 saturated carbocycles. The van der Waals surface area contributed by atoms with E-state index in [-0.39, 0.29) is 25.0 Å². The van der Waals surface area contributed by atoms with Crippen LogP contribution in [0.3, 0.4) is 0 Å². The number of nitrogens with zero attached hydrogens (tertiary/aromatic N) is 5. The van der Waals surface area contributed by atoms with Crippen LogP contribution >= 0.6 is 0 Å². The molecule has 3 rings (SSSR count). The van der Waals surface area contributed by atoms with Crippen molar-refractivity contribution in [3.8, 4) is 11.5 Å². The second-order valence-corrected chi connectivity index (χ2v) is 23.3. The van der Waals surface area contributed by atoms with Gasteiger partial charge in [0, 0.05) is 65.3 Å². The molecule has 218 valence electrons. The van der Waals surface area contributed by atoms with Crippen molar-refractivity contribution < 1.29 is 27.4 Å². The second-order valence-electron chi connectivity index (χ2n) is 12.1. The van der Waals surface area contributed by atoms with E-state index in [2.05, 4.69) is 54.3 Å². The number of pyridine rings is 1. The summed E-state index contributed by atoms with van der Waals surface area (Å²) in [5.74, 6) is 0.0422. The molecular weight excluding hydrogens is 555 g/mol. The number of hydrogen-bond acceptors (Lipinski definition) is 6. The van der Waals surface area contributed by atoms with Gasteiger partial charge < -0.3 is 14.0 Å². The lowest BCUT2D eigenvalue weighted by molar-refractivity contribution is -0.141. The van der Waals surface area contributed by atoms with Gasteiger partial charge in [-0.05, 0) is 23.7 Å². The molecule has 40 heavy (non-hydrogen) atoms. The molecule has 0 unspecified atom stereocenters. The van der Waals surface area contributed by atoms with Crippen LogP contribution in [0.1, 0.15) is 27.2 Å². The van der Waals surface area contributed by atoms with Crippen LogP contribution in [0, 0.1) is 0 Å². The molecular formula is C27H38F3N5O3Si2. The molecule has 0 aliphatic rings. The molecule has 0 saturated heterocycles. The number of rotatable bonds is 14. The van der Waals surface area contributed by atoms with Crippen molar-refractivity contribution >= 4 is 34.6 Å². The minimum Gasteiger partial charge on any atom is -0.361 e. The van der Waals surface area contributed by atoms with Crippen LogP contribution in [0.5, 0.6) is 0 Å². The zero-order valence-corrected chi connectivity index (χ0v) is 26.0. The van der Waals surface area contributed by atoms with Crippen LogP contribution in [-0.4, -0.2) is 60.0 Å². The molecule has 0 N–H and O–H groups in total. The fourth-order valence-corrected chi connectivity index (χ4v) is 5.05. The zero-order valence-electron chi connectivity index (χ0n) is 24.0. The lowest BCUT2D eigenvalue weighted by Gasteiger charge is -2.16. The highest BCUT2D eigenvalue weighted by Crippen LogP contribution is 2.32. The number of alkyl halides is 3. The molecule has 13 heteroatoms. The Kier molecular flexibility index (Phi) is 10.4. The fourth-order valence-electron chi connectivity index (χ4n) is 3.53. The molecule has 0 fully saturated rings. The normalized spacial score (nSPS) is 12.9. The number of halogens is 3. The number of aromatic nitrogens is 5. The van der Waals surface area contributed by atoms with Gasteiger partial charge in [0.25, 0.3) is 0 Å². The van der Waals surface area contributed by atoms with E-state index in [9.17, 15) is 18.0 Å². The molecule has 0 aromatic carbocycles. The Morgan fingerprint density at radius 1 is 0.900 bits per heavy atom. The third-order valence-corrected chi connectivity index (χ3v) is 9.30. The first-order chi connectivity index (χ1) is 18.6. The number of imidazole rings is 1. The Bertz CT molecular complexity index is 1310. The first-order valence-corrected chi connectivity index (χ1v) is 20.5. The molecule has 0 amide bonds. The molecule has 0 radical (unpaired) electrons. The predicted molar refractivity (Wildman–Crippen MR) is 155 cm³/mol. The minimum atomic E-state index is -4.63. The van der Waals surface area contributed by atoms with Gasteiger partial charge in [-0.2, -0.15) is 18.3 Å². The van der Waals surface area contributed by atoms with Gasteiger partial charge in [0.05, 0.1) is 0 Å². The molecule has 3 aromatic rings. The van der Waals surface area contributed by atoms with Crippen molar-refractivity contribution in [3.63, 3.8) is 0 Å². The quantitative estimate of drug-likeness (QED) is 0.117. The van der Waals surface area contributed by atoms with Gasteiger partial charge in [-0.25, -0.2) is 9.67 Å². The summed E-state index contributed by atoms with van der Waals surface area (Å²) in [7, 11) is -2.66. The highest BCUT2D eigenvalue weighted by Gasteiger charge is 2.35. The van der Waals surface area contributed by atoms with Gasteiger partial charge in [0.1, 0.15) is 19.2 Å². The van der Waals surface area contributed by atoms with E-state index in [1.807, 2.05) is 0 Å². The standard InChI is InChI=1S/C27H38F3N5O3Si2/c1-39(2,3)11-9-37-19-34-17-24(27(28,29)30)32-26(34)25-23(8-7-21-13-22(18-36)15-31-14-21)16-35(33-25)20-38-10-12-40(4,5)6/h7-8,13-18H,9-12,19-20H2,1-6H3. The van der Waals surface area contributed by atoms with Crippen molar-refractivity contribution in [1.82, 2.24) is 24.3 Å². The second kappa shape index (κ2) is 13.2. The predicted octanol–water partition coefficient (Wildman–Crippen LogP) is 6.77. The van der Waals surface area contributed by atoms with E-state index < -0.39 is 28.0 Å². The first-order valence-electron chi connectivity index (χ1n) is 13.1. The van der Waals surface area contributed by atoms with E-state index in [4.69, 9.17) is 9.47 Å². The van der Waals surface area contributed by atoms with Gasteiger partial charge in [-0.15, -0.1) is 0 Å². The average Bonchev–Trinajstić information content (AvgIpc) is 3.46. The summed E-state index contributed by atoms with van der Waals surface area (Å²) in [6.07, 6.45) is 5.20. The van der Waals surface area contributed by atoms with Crippen LogP contribution in [0.25, 0.3) is 23.7 Å². The van der Waals surface area contributed by atoms with Crippen molar-refractivity contribution in [1.29, 1.82) is 0 Å². The number of carbonyl (C=O) groups excluding carboxylic acids is 1. The average molecular weight is 594 g/mol. The van der Waals surface area contributed by atoms with Crippen LogP contribution in [0.15, 0.2) is 30.9 Å². The lowest BCUT2D eigenvalue weighted by atomic mass is 10.1. The van der Waals surface area contributed by atoms with Crippen molar-refractivity contribution in [2.24, 2.45) is 0 Å². The molecule has 3 aromatic heterocycles. The molecule has 0 aliphatic carbocycles. The minimum absolute atomic E-state index is 0.0422. The molecule has 0 aliphatic heterocycles. The third-order valence-electron chi connectivity index (χ3n) is 5.89. The zero-order chi connectivity index (χ0) is 29.6. The Morgan fingerprint density at radius 3 is 2.12 bits per heavy atom. The number of aldehydes is 1. The fraction of sp³-hybridized carbons (Fsp3) is 0.481. The third kappa shape index (κ3) is 9.95. The maximum atomic E-state index is 13.7. The maximum Gasteiger partial charge on any atom is 0.434 e. The molecule has 0 bridgehead atoms. The topological polar surface area (TPSA) is 84.1 Å². The number of ether oxygens (including phenoxy) is 2. The van der Waals surface area contributed by atoms with E-state index in [0.29, 0.717) is 36.2 Å². The maximum absolute atomic E-state index is 13.7. The Balaban J connectivity index is 1.96. The molecule has 3 heterocycles. The summed E-state index contributed by atoms with van der Waals surface area (Å²) in [6.45, 7) is 14.5. The molecule has 8 nitrogen and oxygen atoms in total. The number of carbonyl (C=O) groups is 1. The summed E-state index contributed by atoms with van der Waals surface area (Å²) in [4.78, 5) is 19.1. The highest BCUT2D eigenvalue weighted by molar-refractivity contribution is 6.76. The van der Waals surface area contributed by atoms with Crippen molar-refractivity contribution in [3.05, 3.63) is 53.2 Å². The van der Waals surface area contributed by atoms with Gasteiger partial charge in [-0.1, -0.05) is 51.4 Å². The Hall–Kier alpha value is -2.88. The Morgan fingerprint density at radius 2 is 1.52 bits per heavy atom. The van der Waals surface area contributed by atoms with Crippen LogP contribution in [0.4, 0.5) is 13.2 Å². The summed E-state index contributed by atoms with van der Waals surface area (Å²) in [6, 6.07) is 3.52. The summed E-state index contributed by atoms with van der Waals surface area (Å²) < 4.78 is 55.6. The van der Waals surface area contributed by atoms with Crippen molar-refractivity contribution in [2.75, 3.05) is 13.2 Å². The van der Waals surface area contributed by atoms with Gasteiger partial charge in [0.2, 0.25) is 0 Å². The lowest BCUT2D eigenvalue weighted by Crippen LogP contribution is -2.22.